The van der Waals surface area contributed by atoms with Crippen molar-refractivity contribution < 1.29 is 46.6 Å². The van der Waals surface area contributed by atoms with E-state index in [2.05, 4.69) is 21.9 Å². The van der Waals surface area contributed by atoms with Crippen LogP contribution in [0.2, 0.25) is 0 Å². The van der Waals surface area contributed by atoms with Gasteiger partial charge in [0, 0.05) is 54.9 Å². The minimum atomic E-state index is -3.94. The van der Waals surface area contributed by atoms with Crippen LogP contribution in [0.4, 0.5) is 4.79 Å². The van der Waals surface area contributed by atoms with E-state index in [0.717, 1.165) is 5.56 Å². The van der Waals surface area contributed by atoms with E-state index in [-0.39, 0.29) is 44.3 Å². The highest BCUT2D eigenvalue weighted by atomic mass is 32.2. The minimum Gasteiger partial charge on any atom is -0.497 e. The lowest BCUT2D eigenvalue weighted by molar-refractivity contribution is -0.148. The molecule has 2 aromatic carbocycles. The largest absolute Gasteiger partial charge is 0.497 e. The summed E-state index contributed by atoms with van der Waals surface area (Å²) < 4.78 is 45.6. The van der Waals surface area contributed by atoms with Gasteiger partial charge in [0.15, 0.2) is 0 Å². The van der Waals surface area contributed by atoms with Crippen molar-refractivity contribution in [1.29, 1.82) is 0 Å². The van der Waals surface area contributed by atoms with Gasteiger partial charge in [0.05, 0.1) is 42.1 Å². The van der Waals surface area contributed by atoms with E-state index in [4.69, 9.17) is 19.2 Å². The van der Waals surface area contributed by atoms with E-state index in [0.29, 0.717) is 53.9 Å². The van der Waals surface area contributed by atoms with E-state index in [1.54, 1.807) is 44.9 Å². The second-order valence-corrected chi connectivity index (χ2v) is 21.5. The molecule has 6 atom stereocenters. The highest BCUT2D eigenvalue weighted by molar-refractivity contribution is 7.91. The summed E-state index contributed by atoms with van der Waals surface area (Å²) in [6.07, 6.45) is 1.57. The summed E-state index contributed by atoms with van der Waals surface area (Å²) in [6.45, 7) is 15.3. The van der Waals surface area contributed by atoms with Crippen LogP contribution in [-0.4, -0.2) is 114 Å². The van der Waals surface area contributed by atoms with Crippen molar-refractivity contribution in [2.75, 3.05) is 26.7 Å². The van der Waals surface area contributed by atoms with Crippen molar-refractivity contribution in [3.8, 4) is 22.8 Å². The number of aromatic nitrogens is 1. The molecule has 4 aliphatic rings. The molecule has 3 aromatic rings. The molecule has 3 heterocycles. The number of methoxy groups -OCH3 is 1. The Morgan fingerprint density at radius 2 is 1.70 bits per heavy atom. The second kappa shape index (κ2) is 17.7. The standard InChI is InChI=1S/C47H60N6O10S/c1-9-29-25-47(29,43(57)51-64(59,60)33-16-17-33)50-41(55)38-22-32(62-39-24-36(28-13-11-10-12-14-28)49-37-21-31(61-8)15-18-34(37)39)27-53(38)42(56)35(45(2,3)4)23-40(54)52-20-19-30(26-52)48-44(58)63-46(5,6)7/h9-15,18,21,24,29-30,32-33,35,38H,1,16-17,19-20,22-23,25-27H2,2-8H3,(H,48,58)(H,50,55)(H,51,57)/t29?,30-,32-,35-,38+,47-/m1/s1. The van der Waals surface area contributed by atoms with Crippen LogP contribution in [0, 0.1) is 17.3 Å². The number of hydrogen-bond acceptors (Lipinski definition) is 11. The first-order valence-corrected chi connectivity index (χ1v) is 23.4. The molecular formula is C47H60N6O10S. The van der Waals surface area contributed by atoms with Crippen LogP contribution in [0.25, 0.3) is 22.2 Å². The molecule has 2 saturated carbocycles. The molecule has 2 aliphatic carbocycles. The molecular weight excluding hydrogens is 841 g/mol. The number of amides is 5. The van der Waals surface area contributed by atoms with Crippen LogP contribution in [-0.2, 0) is 33.9 Å². The Balaban J connectivity index is 1.17. The zero-order valence-electron chi connectivity index (χ0n) is 37.6. The number of fused-ring (bicyclic) bond motifs is 1. The first kappa shape index (κ1) is 46.3. The number of ether oxygens (including phenoxy) is 3. The van der Waals surface area contributed by atoms with E-state index >= 15 is 4.79 Å². The van der Waals surface area contributed by atoms with E-state index in [1.807, 2.05) is 63.2 Å². The van der Waals surface area contributed by atoms with Gasteiger partial charge in [0.2, 0.25) is 27.7 Å². The summed E-state index contributed by atoms with van der Waals surface area (Å²) in [7, 11) is -2.37. The van der Waals surface area contributed by atoms with Gasteiger partial charge in [-0.25, -0.2) is 18.2 Å². The second-order valence-electron chi connectivity index (χ2n) is 19.5. The van der Waals surface area contributed by atoms with Gasteiger partial charge in [0.1, 0.15) is 34.8 Å². The van der Waals surface area contributed by atoms with Gasteiger partial charge in [-0.3, -0.25) is 23.9 Å². The Kier molecular flexibility index (Phi) is 12.8. The molecule has 1 unspecified atom stereocenters. The molecule has 4 fully saturated rings. The van der Waals surface area contributed by atoms with Gasteiger partial charge in [-0.05, 0) is 64.0 Å². The Bertz CT molecular complexity index is 2430. The number of nitrogens with one attached hydrogen (secondary N) is 3. The number of hydrogen-bond donors (Lipinski definition) is 3. The van der Waals surface area contributed by atoms with Crippen molar-refractivity contribution in [1.82, 2.24) is 30.1 Å². The van der Waals surface area contributed by atoms with Crippen molar-refractivity contribution in [3.05, 3.63) is 67.3 Å². The van der Waals surface area contributed by atoms with Gasteiger partial charge in [-0.2, -0.15) is 0 Å². The van der Waals surface area contributed by atoms with Gasteiger partial charge in [-0.15, -0.1) is 6.58 Å². The third-order valence-corrected chi connectivity index (χ3v) is 14.2. The zero-order chi connectivity index (χ0) is 46.4. The van der Waals surface area contributed by atoms with Crippen molar-refractivity contribution in [2.45, 2.75) is 115 Å². The third kappa shape index (κ3) is 10.3. The summed E-state index contributed by atoms with van der Waals surface area (Å²) >= 11 is 0. The maximum absolute atomic E-state index is 15.1. The molecule has 2 saturated heterocycles. The number of carbonyl (C=O) groups excluding carboxylic acids is 5. The summed E-state index contributed by atoms with van der Waals surface area (Å²) in [6, 6.07) is 15.3. The molecule has 0 radical (unpaired) electrons. The highest BCUT2D eigenvalue weighted by Crippen LogP contribution is 2.46. The molecule has 1 aromatic heterocycles. The first-order valence-electron chi connectivity index (χ1n) is 21.9. The summed E-state index contributed by atoms with van der Waals surface area (Å²) in [5, 5.41) is 5.70. The van der Waals surface area contributed by atoms with Gasteiger partial charge in [-0.1, -0.05) is 57.2 Å². The van der Waals surface area contributed by atoms with Crippen molar-refractivity contribution in [2.24, 2.45) is 17.3 Å². The van der Waals surface area contributed by atoms with Crippen LogP contribution >= 0.6 is 0 Å². The maximum Gasteiger partial charge on any atom is 0.407 e. The lowest BCUT2D eigenvalue weighted by Crippen LogP contribution is -2.57. The fraction of sp³-hybridized carbons (Fsp3) is 0.532. The molecule has 344 valence electrons. The highest BCUT2D eigenvalue weighted by Gasteiger charge is 2.62. The van der Waals surface area contributed by atoms with E-state index in [9.17, 15) is 27.6 Å². The number of likely N-dealkylation sites (tertiary alicyclic amines) is 2. The lowest BCUT2D eigenvalue weighted by Gasteiger charge is -2.35. The predicted molar refractivity (Wildman–Crippen MR) is 239 cm³/mol. The Labute approximate surface area is 374 Å². The molecule has 64 heavy (non-hydrogen) atoms. The predicted octanol–water partition coefficient (Wildman–Crippen LogP) is 5.11. The van der Waals surface area contributed by atoms with Crippen LogP contribution in [0.5, 0.6) is 11.5 Å². The molecule has 0 bridgehead atoms. The molecule has 16 nitrogen and oxygen atoms in total. The van der Waals surface area contributed by atoms with Crippen LogP contribution in [0.15, 0.2) is 67.3 Å². The van der Waals surface area contributed by atoms with Gasteiger partial charge in [0.25, 0.3) is 5.91 Å². The SMILES string of the molecule is C=CC1C[C@]1(NC(=O)[C@@H]1C[C@@H](Oc2cc(-c3ccccc3)nc3cc(OC)ccc23)CN1C(=O)[C@@H](CC(=O)N1CC[C@@H](NC(=O)OC(C)(C)C)C1)C(C)(C)C)C(=O)NS(=O)(=O)C1CC1. The van der Waals surface area contributed by atoms with Crippen LogP contribution < -0.4 is 24.8 Å². The van der Waals surface area contributed by atoms with Crippen molar-refractivity contribution in [3.63, 3.8) is 0 Å². The molecule has 0 spiro atoms. The summed E-state index contributed by atoms with van der Waals surface area (Å²) in [4.78, 5) is 77.9. The Morgan fingerprint density at radius 3 is 2.33 bits per heavy atom. The average molecular weight is 901 g/mol. The third-order valence-electron chi connectivity index (χ3n) is 12.4. The molecule has 5 amide bonds. The Hall–Kier alpha value is -5.71. The normalized spacial score (nSPS) is 23.8. The molecule has 2 aliphatic heterocycles. The average Bonchev–Trinajstić information content (AvgIpc) is 4.12. The molecule has 7 rings (SSSR count). The minimum absolute atomic E-state index is 0.0178. The monoisotopic (exact) mass is 900 g/mol. The Morgan fingerprint density at radius 1 is 0.984 bits per heavy atom. The van der Waals surface area contributed by atoms with Gasteiger partial charge < -0.3 is 34.6 Å². The number of sulfonamides is 1. The molecule has 3 N–H and O–H groups in total. The van der Waals surface area contributed by atoms with Crippen LogP contribution in [0.1, 0.15) is 80.1 Å². The maximum atomic E-state index is 15.1. The fourth-order valence-corrected chi connectivity index (χ4v) is 9.94. The van der Waals surface area contributed by atoms with Crippen LogP contribution in [0.3, 0.4) is 0 Å². The number of rotatable bonds is 14. The quantitative estimate of drug-likeness (QED) is 0.182. The smallest absolute Gasteiger partial charge is 0.407 e. The molecule has 17 heteroatoms. The fourth-order valence-electron chi connectivity index (χ4n) is 8.58. The number of nitrogens with zero attached hydrogens (tertiary/aromatic N) is 3. The zero-order valence-corrected chi connectivity index (χ0v) is 38.5. The number of carbonyl (C=O) groups is 5. The topological polar surface area (TPSA) is 203 Å². The summed E-state index contributed by atoms with van der Waals surface area (Å²) in [5.74, 6) is -2.62. The first-order chi connectivity index (χ1) is 30.1. The number of benzene rings is 2. The van der Waals surface area contributed by atoms with E-state index in [1.165, 1.54) is 11.0 Å². The van der Waals surface area contributed by atoms with E-state index < -0.39 is 79.6 Å². The number of alkyl carbamates (subject to hydrolysis) is 1. The lowest BCUT2D eigenvalue weighted by atomic mass is 9.77. The van der Waals surface area contributed by atoms with Gasteiger partial charge >= 0.3 is 6.09 Å². The number of pyridine rings is 1. The van der Waals surface area contributed by atoms with Crippen molar-refractivity contribution >= 4 is 50.6 Å². The summed E-state index contributed by atoms with van der Waals surface area (Å²) in [5.41, 5.74) is -0.952.